The van der Waals surface area contributed by atoms with Gasteiger partial charge in [-0.15, -0.1) is 0 Å². The number of aromatic hydroxyl groups is 1. The van der Waals surface area contributed by atoms with Crippen LogP contribution in [-0.2, 0) is 6.42 Å². The van der Waals surface area contributed by atoms with Crippen molar-refractivity contribution in [2.75, 3.05) is 5.73 Å². The highest BCUT2D eigenvalue weighted by Gasteiger charge is 2.34. The Balaban J connectivity index is 1.73. The molecule has 2 heterocycles. The molecule has 0 bridgehead atoms. The standard InChI is InChI=1S/C20H14ClN5O2/c21-13-6-5-11(8-15(13)27)17-16-19(22)23-9-24-20(16)26(25-17)14-7-10-3-1-2-4-12(10)18(14)28/h1-6,8-9,14,27H,7H2,(H2,22,23,24). The van der Waals surface area contributed by atoms with Gasteiger partial charge in [0, 0.05) is 17.5 Å². The molecule has 28 heavy (non-hydrogen) atoms. The predicted octanol–water partition coefficient (Wildman–Crippen LogP) is 3.41. The first kappa shape index (κ1) is 16.7. The Morgan fingerprint density at radius 1 is 1.18 bits per heavy atom. The number of Topliss-reactive ketones (excluding diaryl/α,β-unsaturated/α-hetero) is 1. The Morgan fingerprint density at radius 3 is 2.79 bits per heavy atom. The van der Waals surface area contributed by atoms with Crippen LogP contribution in [-0.4, -0.2) is 30.6 Å². The van der Waals surface area contributed by atoms with Crippen molar-refractivity contribution in [3.8, 4) is 17.0 Å². The molecule has 0 saturated carbocycles. The van der Waals surface area contributed by atoms with E-state index in [0.717, 1.165) is 5.56 Å². The van der Waals surface area contributed by atoms with E-state index in [1.165, 1.54) is 12.4 Å². The number of ketones is 1. The maximum Gasteiger partial charge on any atom is 0.188 e. The first-order valence-electron chi connectivity index (χ1n) is 8.64. The summed E-state index contributed by atoms with van der Waals surface area (Å²) in [6.45, 7) is 0. The van der Waals surface area contributed by atoms with Crippen molar-refractivity contribution in [3.63, 3.8) is 0 Å². The number of phenols is 1. The molecule has 138 valence electrons. The zero-order valence-electron chi connectivity index (χ0n) is 14.5. The van der Waals surface area contributed by atoms with E-state index in [9.17, 15) is 9.90 Å². The third-order valence-corrected chi connectivity index (χ3v) is 5.35. The zero-order valence-corrected chi connectivity index (χ0v) is 15.3. The highest BCUT2D eigenvalue weighted by Crippen LogP contribution is 2.37. The fraction of sp³-hybridized carbons (Fsp3) is 0.100. The molecule has 1 aliphatic rings. The molecule has 4 aromatic rings. The number of carbonyl (C=O) groups excluding carboxylic acids is 1. The maximum atomic E-state index is 13.0. The maximum absolute atomic E-state index is 13.0. The number of halogens is 1. The second kappa shape index (κ2) is 6.03. The summed E-state index contributed by atoms with van der Waals surface area (Å²) < 4.78 is 1.61. The summed E-state index contributed by atoms with van der Waals surface area (Å²) in [5, 5.41) is 15.4. The first-order valence-corrected chi connectivity index (χ1v) is 9.02. The van der Waals surface area contributed by atoms with Crippen molar-refractivity contribution < 1.29 is 9.90 Å². The highest BCUT2D eigenvalue weighted by atomic mass is 35.5. The number of rotatable bonds is 2. The summed E-state index contributed by atoms with van der Waals surface area (Å²) in [6, 6.07) is 11.8. The minimum absolute atomic E-state index is 0.0114. The number of fused-ring (bicyclic) bond motifs is 2. The number of phenolic OH excluding ortho intramolecular Hbond substituents is 1. The minimum atomic E-state index is -0.510. The monoisotopic (exact) mass is 391 g/mol. The average molecular weight is 392 g/mol. The Bertz CT molecular complexity index is 1270. The smallest absolute Gasteiger partial charge is 0.188 e. The fourth-order valence-electron chi connectivity index (χ4n) is 3.69. The molecule has 5 rings (SSSR count). The molecule has 1 atom stereocenters. The van der Waals surface area contributed by atoms with E-state index in [1.54, 1.807) is 16.8 Å². The Morgan fingerprint density at radius 2 is 2.00 bits per heavy atom. The van der Waals surface area contributed by atoms with Crippen LogP contribution in [0.15, 0.2) is 48.8 Å². The number of nitrogen functional groups attached to an aromatic ring is 1. The van der Waals surface area contributed by atoms with Crippen molar-refractivity contribution >= 4 is 34.2 Å². The SMILES string of the molecule is Nc1ncnc2c1c(-c1ccc(Cl)c(O)c1)nn2C1Cc2ccccc2C1=O. The number of nitrogens with zero attached hydrogens (tertiary/aromatic N) is 4. The largest absolute Gasteiger partial charge is 0.506 e. The van der Waals surface area contributed by atoms with E-state index >= 15 is 0 Å². The number of hydrogen-bond acceptors (Lipinski definition) is 6. The van der Waals surface area contributed by atoms with E-state index in [1.807, 2.05) is 24.3 Å². The van der Waals surface area contributed by atoms with Crippen LogP contribution in [0.4, 0.5) is 5.82 Å². The number of carbonyl (C=O) groups is 1. The van der Waals surface area contributed by atoms with Crippen molar-refractivity contribution in [2.45, 2.75) is 12.5 Å². The number of aromatic nitrogens is 4. The Labute approximate surface area is 164 Å². The number of benzene rings is 2. The van der Waals surface area contributed by atoms with Crippen molar-refractivity contribution in [1.82, 2.24) is 19.7 Å². The summed E-state index contributed by atoms with van der Waals surface area (Å²) in [4.78, 5) is 21.4. The average Bonchev–Trinajstić information content (AvgIpc) is 3.23. The lowest BCUT2D eigenvalue weighted by Crippen LogP contribution is -2.17. The molecular formula is C20H14ClN5O2. The molecule has 2 aromatic carbocycles. The quantitative estimate of drug-likeness (QED) is 0.542. The molecule has 1 unspecified atom stereocenters. The molecule has 7 nitrogen and oxygen atoms in total. The summed E-state index contributed by atoms with van der Waals surface area (Å²) in [7, 11) is 0. The van der Waals surface area contributed by atoms with Gasteiger partial charge in [-0.1, -0.05) is 41.9 Å². The van der Waals surface area contributed by atoms with Crippen molar-refractivity contribution in [1.29, 1.82) is 0 Å². The van der Waals surface area contributed by atoms with E-state index in [0.29, 0.717) is 34.3 Å². The molecule has 3 N–H and O–H groups in total. The van der Waals surface area contributed by atoms with Crippen LogP contribution in [0.2, 0.25) is 5.02 Å². The second-order valence-electron chi connectivity index (χ2n) is 6.66. The second-order valence-corrected chi connectivity index (χ2v) is 7.07. The Kier molecular flexibility index (Phi) is 3.60. The van der Waals surface area contributed by atoms with E-state index in [4.69, 9.17) is 17.3 Å². The van der Waals surface area contributed by atoms with Gasteiger partial charge in [0.25, 0.3) is 0 Å². The summed E-state index contributed by atoms with van der Waals surface area (Å²) in [5.41, 5.74) is 9.37. The predicted molar refractivity (Wildman–Crippen MR) is 105 cm³/mol. The van der Waals surface area contributed by atoms with Gasteiger partial charge in [-0.05, 0) is 17.7 Å². The van der Waals surface area contributed by atoms with Crippen LogP contribution >= 0.6 is 11.6 Å². The van der Waals surface area contributed by atoms with Crippen LogP contribution in [0, 0.1) is 0 Å². The van der Waals surface area contributed by atoms with Gasteiger partial charge in [0.15, 0.2) is 11.4 Å². The minimum Gasteiger partial charge on any atom is -0.506 e. The van der Waals surface area contributed by atoms with E-state index in [-0.39, 0.29) is 22.4 Å². The van der Waals surface area contributed by atoms with Crippen LogP contribution < -0.4 is 5.73 Å². The van der Waals surface area contributed by atoms with Gasteiger partial charge in [-0.2, -0.15) is 5.10 Å². The normalized spacial score (nSPS) is 15.9. The summed E-state index contributed by atoms with van der Waals surface area (Å²) >= 11 is 5.93. The summed E-state index contributed by atoms with van der Waals surface area (Å²) in [6.07, 6.45) is 1.88. The molecule has 8 heteroatoms. The lowest BCUT2D eigenvalue weighted by Gasteiger charge is -2.09. The van der Waals surface area contributed by atoms with Crippen LogP contribution in [0.5, 0.6) is 5.75 Å². The van der Waals surface area contributed by atoms with Crippen LogP contribution in [0.1, 0.15) is 22.0 Å². The van der Waals surface area contributed by atoms with E-state index < -0.39 is 6.04 Å². The molecule has 0 amide bonds. The molecular weight excluding hydrogens is 378 g/mol. The first-order chi connectivity index (χ1) is 13.5. The van der Waals surface area contributed by atoms with Gasteiger partial charge in [-0.25, -0.2) is 14.6 Å². The third kappa shape index (κ3) is 2.36. The lowest BCUT2D eigenvalue weighted by atomic mass is 10.1. The summed E-state index contributed by atoms with van der Waals surface area (Å²) in [5.74, 6) is 0.174. The van der Waals surface area contributed by atoms with Crippen LogP contribution in [0.25, 0.3) is 22.3 Å². The molecule has 0 aliphatic heterocycles. The van der Waals surface area contributed by atoms with Gasteiger partial charge in [0.05, 0.1) is 10.4 Å². The molecule has 1 aliphatic carbocycles. The number of nitrogens with two attached hydrogens (primary N) is 1. The van der Waals surface area contributed by atoms with Crippen LogP contribution in [0.3, 0.4) is 0 Å². The molecule has 0 saturated heterocycles. The lowest BCUT2D eigenvalue weighted by molar-refractivity contribution is 0.0937. The molecule has 0 radical (unpaired) electrons. The third-order valence-electron chi connectivity index (χ3n) is 5.03. The molecule has 2 aromatic heterocycles. The van der Waals surface area contributed by atoms with Gasteiger partial charge < -0.3 is 10.8 Å². The fourth-order valence-corrected chi connectivity index (χ4v) is 3.81. The van der Waals surface area contributed by atoms with Crippen molar-refractivity contribution in [3.05, 3.63) is 64.9 Å². The Hall–Kier alpha value is -3.45. The zero-order chi connectivity index (χ0) is 19.4. The number of anilines is 1. The molecule has 0 spiro atoms. The van der Waals surface area contributed by atoms with Crippen molar-refractivity contribution in [2.24, 2.45) is 0 Å². The topological polar surface area (TPSA) is 107 Å². The van der Waals surface area contributed by atoms with Gasteiger partial charge in [0.1, 0.15) is 29.6 Å². The van der Waals surface area contributed by atoms with Gasteiger partial charge in [-0.3, -0.25) is 4.79 Å². The van der Waals surface area contributed by atoms with Gasteiger partial charge >= 0.3 is 0 Å². The highest BCUT2D eigenvalue weighted by molar-refractivity contribution is 6.32. The van der Waals surface area contributed by atoms with Gasteiger partial charge in [0.2, 0.25) is 0 Å². The van der Waals surface area contributed by atoms with E-state index in [2.05, 4.69) is 15.1 Å². The molecule has 0 fully saturated rings. The number of hydrogen-bond donors (Lipinski definition) is 2.